The number of para-hydroxylation sites is 1. The highest BCUT2D eigenvalue weighted by Crippen LogP contribution is 2.31. The Labute approximate surface area is 179 Å². The van der Waals surface area contributed by atoms with Crippen LogP contribution in [-0.4, -0.2) is 47.1 Å². The van der Waals surface area contributed by atoms with E-state index < -0.39 is 0 Å². The third-order valence-corrected chi connectivity index (χ3v) is 6.32. The van der Waals surface area contributed by atoms with Crippen LogP contribution < -0.4 is 4.90 Å². The number of hydrogen-bond acceptors (Lipinski definition) is 4. The Balaban J connectivity index is 1.37. The number of phenolic OH excluding ortho intramolecular Hbond substituents is 1. The van der Waals surface area contributed by atoms with Gasteiger partial charge in [0.2, 0.25) is 0 Å². The molecule has 2 aliphatic rings. The van der Waals surface area contributed by atoms with Crippen LogP contribution in [0.2, 0.25) is 0 Å². The summed E-state index contributed by atoms with van der Waals surface area (Å²) in [6, 6.07) is 27.8. The van der Waals surface area contributed by atoms with Crippen molar-refractivity contribution in [1.29, 1.82) is 0 Å². The Bertz CT molecular complexity index is 973. The summed E-state index contributed by atoms with van der Waals surface area (Å²) in [6.07, 6.45) is 0. The lowest BCUT2D eigenvalue weighted by Crippen LogP contribution is -2.55. The molecule has 0 bridgehead atoms. The molecule has 0 radical (unpaired) electrons. The van der Waals surface area contributed by atoms with E-state index in [1.807, 2.05) is 12.1 Å². The van der Waals surface area contributed by atoms with Gasteiger partial charge in [-0.2, -0.15) is 0 Å². The molecule has 0 amide bonds. The van der Waals surface area contributed by atoms with Crippen molar-refractivity contribution in [3.8, 4) is 5.75 Å². The zero-order valence-electron chi connectivity index (χ0n) is 17.3. The number of aromatic hydroxyl groups is 1. The first-order chi connectivity index (χ1) is 14.7. The topological polar surface area (TPSA) is 30.0 Å². The quantitative estimate of drug-likeness (QED) is 0.715. The van der Waals surface area contributed by atoms with Crippen molar-refractivity contribution in [2.75, 3.05) is 31.1 Å². The highest BCUT2D eigenvalue weighted by molar-refractivity contribution is 5.56. The van der Waals surface area contributed by atoms with Crippen molar-refractivity contribution in [1.82, 2.24) is 9.80 Å². The Morgan fingerprint density at radius 3 is 2.20 bits per heavy atom. The van der Waals surface area contributed by atoms with E-state index in [2.05, 4.69) is 69.3 Å². The van der Waals surface area contributed by atoms with Crippen molar-refractivity contribution < 1.29 is 5.11 Å². The third kappa shape index (κ3) is 4.20. The zero-order chi connectivity index (χ0) is 20.3. The number of fused-ring (bicyclic) bond motifs is 3. The van der Waals surface area contributed by atoms with Gasteiger partial charge in [-0.25, -0.2) is 0 Å². The van der Waals surface area contributed by atoms with E-state index in [4.69, 9.17) is 0 Å². The van der Waals surface area contributed by atoms with Crippen molar-refractivity contribution in [2.24, 2.45) is 0 Å². The van der Waals surface area contributed by atoms with Gasteiger partial charge in [-0.3, -0.25) is 9.80 Å². The average molecular weight is 400 g/mol. The second kappa shape index (κ2) is 8.50. The molecule has 1 unspecified atom stereocenters. The van der Waals surface area contributed by atoms with Crippen LogP contribution >= 0.6 is 0 Å². The lowest BCUT2D eigenvalue weighted by molar-refractivity contribution is 0.172. The van der Waals surface area contributed by atoms with Gasteiger partial charge in [-0.15, -0.1) is 0 Å². The SMILES string of the molecule is Oc1ccc(CN2Cc3ccccc3N3CCN(Cc4ccccc4)CC3C2)cc1. The van der Waals surface area contributed by atoms with Crippen molar-refractivity contribution >= 4 is 5.69 Å². The maximum Gasteiger partial charge on any atom is 0.115 e. The van der Waals surface area contributed by atoms with E-state index in [0.717, 1.165) is 45.8 Å². The monoisotopic (exact) mass is 399 g/mol. The molecular formula is C26H29N3O. The third-order valence-electron chi connectivity index (χ3n) is 6.32. The molecule has 3 aromatic carbocycles. The zero-order valence-corrected chi connectivity index (χ0v) is 17.3. The molecule has 2 aliphatic heterocycles. The fourth-order valence-corrected chi connectivity index (χ4v) is 4.89. The molecule has 0 aromatic heterocycles. The number of phenols is 1. The van der Waals surface area contributed by atoms with Crippen molar-refractivity contribution in [3.05, 3.63) is 95.6 Å². The first-order valence-electron chi connectivity index (χ1n) is 10.9. The summed E-state index contributed by atoms with van der Waals surface area (Å²) in [4.78, 5) is 7.79. The maximum atomic E-state index is 9.62. The number of hydrogen-bond donors (Lipinski definition) is 1. The largest absolute Gasteiger partial charge is 0.508 e. The normalized spacial score (nSPS) is 19.7. The van der Waals surface area contributed by atoms with Gasteiger partial charge >= 0.3 is 0 Å². The minimum atomic E-state index is 0.329. The lowest BCUT2D eigenvalue weighted by atomic mass is 10.1. The van der Waals surface area contributed by atoms with Crippen LogP contribution in [-0.2, 0) is 19.6 Å². The van der Waals surface area contributed by atoms with Crippen molar-refractivity contribution in [2.45, 2.75) is 25.7 Å². The summed E-state index contributed by atoms with van der Waals surface area (Å²) in [5, 5.41) is 9.62. The van der Waals surface area contributed by atoms with Crippen LogP contribution in [0.3, 0.4) is 0 Å². The smallest absolute Gasteiger partial charge is 0.115 e. The summed E-state index contributed by atoms with van der Waals surface area (Å²) in [7, 11) is 0. The molecular weight excluding hydrogens is 370 g/mol. The van der Waals surface area contributed by atoms with E-state index in [9.17, 15) is 5.11 Å². The molecule has 0 saturated carbocycles. The molecule has 1 fully saturated rings. The number of nitrogens with zero attached hydrogens (tertiary/aromatic N) is 3. The molecule has 4 nitrogen and oxygen atoms in total. The van der Waals surface area contributed by atoms with Gasteiger partial charge in [-0.05, 0) is 34.9 Å². The lowest BCUT2D eigenvalue weighted by Gasteiger charge is -2.43. The molecule has 1 saturated heterocycles. The summed E-state index contributed by atoms with van der Waals surface area (Å²) < 4.78 is 0. The van der Waals surface area contributed by atoms with Gasteiger partial charge < -0.3 is 10.0 Å². The molecule has 3 aromatic rings. The van der Waals surface area contributed by atoms with E-state index in [-0.39, 0.29) is 0 Å². The standard InChI is InChI=1S/C26H29N3O/c30-25-12-10-22(11-13-25)17-28-18-23-8-4-5-9-26(23)29-15-14-27(19-24(29)20-28)16-21-6-2-1-3-7-21/h1-13,24,30H,14-20H2. The van der Waals surface area contributed by atoms with Crippen LogP contribution in [0.1, 0.15) is 16.7 Å². The second-order valence-electron chi connectivity index (χ2n) is 8.53. The van der Waals surface area contributed by atoms with Gasteiger partial charge in [0.25, 0.3) is 0 Å². The molecule has 154 valence electrons. The summed E-state index contributed by atoms with van der Waals surface area (Å²) in [5.41, 5.74) is 5.45. The van der Waals surface area contributed by atoms with Gasteiger partial charge in [0.1, 0.15) is 5.75 Å². The first kappa shape index (κ1) is 19.2. The molecule has 0 spiro atoms. The highest BCUT2D eigenvalue weighted by Gasteiger charge is 2.32. The van der Waals surface area contributed by atoms with Crippen LogP contribution in [0.5, 0.6) is 5.75 Å². The Morgan fingerprint density at radius 2 is 1.37 bits per heavy atom. The summed E-state index contributed by atoms with van der Waals surface area (Å²) in [5.74, 6) is 0.329. The minimum Gasteiger partial charge on any atom is -0.508 e. The molecule has 0 aliphatic carbocycles. The molecule has 5 rings (SSSR count). The molecule has 2 heterocycles. The second-order valence-corrected chi connectivity index (χ2v) is 8.53. The van der Waals surface area contributed by atoms with Gasteiger partial charge in [0.05, 0.1) is 6.04 Å². The van der Waals surface area contributed by atoms with E-state index in [1.165, 1.54) is 22.4 Å². The minimum absolute atomic E-state index is 0.329. The Morgan fingerprint density at radius 1 is 0.700 bits per heavy atom. The van der Waals surface area contributed by atoms with Crippen LogP contribution in [0.15, 0.2) is 78.9 Å². The highest BCUT2D eigenvalue weighted by atomic mass is 16.3. The maximum absolute atomic E-state index is 9.62. The molecule has 1 N–H and O–H groups in total. The fraction of sp³-hybridized carbons (Fsp3) is 0.308. The number of piperazine rings is 1. The van der Waals surface area contributed by atoms with E-state index in [0.29, 0.717) is 11.8 Å². The predicted octanol–water partition coefficient (Wildman–Crippen LogP) is 4.10. The van der Waals surface area contributed by atoms with E-state index in [1.54, 1.807) is 12.1 Å². The molecule has 4 heteroatoms. The Kier molecular flexibility index (Phi) is 5.43. The first-order valence-corrected chi connectivity index (χ1v) is 10.9. The predicted molar refractivity (Wildman–Crippen MR) is 122 cm³/mol. The van der Waals surface area contributed by atoms with Gasteiger partial charge in [0.15, 0.2) is 0 Å². The number of rotatable bonds is 4. The van der Waals surface area contributed by atoms with Crippen LogP contribution in [0, 0.1) is 0 Å². The van der Waals surface area contributed by atoms with Gasteiger partial charge in [0, 0.05) is 51.5 Å². The summed E-state index contributed by atoms with van der Waals surface area (Å²) >= 11 is 0. The number of benzene rings is 3. The summed E-state index contributed by atoms with van der Waals surface area (Å²) in [6.45, 7) is 7.17. The van der Waals surface area contributed by atoms with Crippen LogP contribution in [0.4, 0.5) is 5.69 Å². The fourth-order valence-electron chi connectivity index (χ4n) is 4.89. The molecule has 30 heavy (non-hydrogen) atoms. The molecule has 1 atom stereocenters. The number of anilines is 1. The average Bonchev–Trinajstić information content (AvgIpc) is 2.92. The Hall–Kier alpha value is -2.82. The van der Waals surface area contributed by atoms with E-state index >= 15 is 0 Å². The van der Waals surface area contributed by atoms with Crippen molar-refractivity contribution in [3.63, 3.8) is 0 Å². The van der Waals surface area contributed by atoms with Gasteiger partial charge in [-0.1, -0.05) is 60.7 Å². The van der Waals surface area contributed by atoms with Crippen LogP contribution in [0.25, 0.3) is 0 Å².